The minimum absolute atomic E-state index is 0.423. The summed E-state index contributed by atoms with van der Waals surface area (Å²) in [5, 5.41) is 0. The summed E-state index contributed by atoms with van der Waals surface area (Å²) in [4.78, 5) is 13.5. The summed E-state index contributed by atoms with van der Waals surface area (Å²) >= 11 is 0. The van der Waals surface area contributed by atoms with Crippen LogP contribution in [0, 0.1) is 13.8 Å². The number of benzene rings is 2. The second-order valence-electron chi connectivity index (χ2n) is 5.01. The average molecular weight is 269 g/mol. The molecule has 0 unspecified atom stereocenters. The SMILES string of the molecule is Cc1cc(C)cc(N(C)c2c(N)cccc2C(N)=O)c1. The fourth-order valence-corrected chi connectivity index (χ4v) is 2.41. The molecule has 1 amide bonds. The van der Waals surface area contributed by atoms with Crippen molar-refractivity contribution in [2.75, 3.05) is 17.7 Å². The maximum Gasteiger partial charge on any atom is 0.250 e. The number of anilines is 3. The molecule has 20 heavy (non-hydrogen) atoms. The highest BCUT2D eigenvalue weighted by atomic mass is 16.1. The van der Waals surface area contributed by atoms with Gasteiger partial charge in [0.1, 0.15) is 0 Å². The number of nitrogen functional groups attached to an aromatic ring is 1. The molecule has 0 aliphatic carbocycles. The molecule has 0 saturated carbocycles. The monoisotopic (exact) mass is 269 g/mol. The Balaban J connectivity index is 2.58. The third-order valence-electron chi connectivity index (χ3n) is 3.26. The van der Waals surface area contributed by atoms with Crippen molar-refractivity contribution in [2.24, 2.45) is 5.73 Å². The van der Waals surface area contributed by atoms with Gasteiger partial charge < -0.3 is 16.4 Å². The number of amides is 1. The molecule has 0 bridgehead atoms. The third kappa shape index (κ3) is 2.59. The highest BCUT2D eigenvalue weighted by Gasteiger charge is 2.16. The lowest BCUT2D eigenvalue weighted by Crippen LogP contribution is -2.20. The van der Waals surface area contributed by atoms with Gasteiger partial charge in [0.2, 0.25) is 0 Å². The van der Waals surface area contributed by atoms with Gasteiger partial charge in [0.05, 0.1) is 16.9 Å². The van der Waals surface area contributed by atoms with E-state index in [0.717, 1.165) is 16.8 Å². The molecular weight excluding hydrogens is 250 g/mol. The first kappa shape index (κ1) is 13.9. The number of nitrogens with two attached hydrogens (primary N) is 2. The van der Waals surface area contributed by atoms with Crippen molar-refractivity contribution < 1.29 is 4.79 Å². The normalized spacial score (nSPS) is 10.3. The van der Waals surface area contributed by atoms with E-state index in [1.54, 1.807) is 18.2 Å². The Morgan fingerprint density at radius 3 is 2.25 bits per heavy atom. The first-order chi connectivity index (χ1) is 9.40. The molecule has 2 rings (SSSR count). The molecule has 0 fully saturated rings. The van der Waals surface area contributed by atoms with Crippen LogP contribution in [-0.2, 0) is 0 Å². The number of primary amides is 1. The van der Waals surface area contributed by atoms with Crippen LogP contribution in [0.2, 0.25) is 0 Å². The summed E-state index contributed by atoms with van der Waals surface area (Å²) in [6.07, 6.45) is 0. The van der Waals surface area contributed by atoms with Crippen LogP contribution < -0.4 is 16.4 Å². The number of nitrogens with zero attached hydrogens (tertiary/aromatic N) is 1. The third-order valence-corrected chi connectivity index (χ3v) is 3.26. The van der Waals surface area contributed by atoms with Gasteiger partial charge in [0.25, 0.3) is 5.91 Å². The molecule has 0 aliphatic rings. The van der Waals surface area contributed by atoms with Crippen LogP contribution in [0.4, 0.5) is 17.1 Å². The first-order valence-electron chi connectivity index (χ1n) is 6.40. The van der Waals surface area contributed by atoms with Crippen molar-refractivity contribution >= 4 is 23.0 Å². The number of carbonyl (C=O) groups excluding carboxylic acids is 1. The first-order valence-corrected chi connectivity index (χ1v) is 6.40. The van der Waals surface area contributed by atoms with Crippen molar-refractivity contribution in [3.63, 3.8) is 0 Å². The van der Waals surface area contributed by atoms with E-state index < -0.39 is 5.91 Å². The molecule has 2 aromatic rings. The van der Waals surface area contributed by atoms with E-state index in [2.05, 4.69) is 6.07 Å². The van der Waals surface area contributed by atoms with Gasteiger partial charge in [-0.2, -0.15) is 0 Å². The molecular formula is C16H19N3O. The lowest BCUT2D eigenvalue weighted by atomic mass is 10.1. The van der Waals surface area contributed by atoms with Crippen LogP contribution in [0.15, 0.2) is 36.4 Å². The molecule has 4 heteroatoms. The quantitative estimate of drug-likeness (QED) is 0.841. The van der Waals surface area contributed by atoms with Gasteiger partial charge in [-0.05, 0) is 49.2 Å². The second-order valence-corrected chi connectivity index (χ2v) is 5.01. The number of para-hydroxylation sites is 1. The standard InChI is InChI=1S/C16H19N3O/c1-10-7-11(2)9-12(8-10)19(3)15-13(16(18)20)5-4-6-14(15)17/h4-9H,17H2,1-3H3,(H2,18,20). The minimum Gasteiger partial charge on any atom is -0.397 e. The molecule has 4 nitrogen and oxygen atoms in total. The Morgan fingerprint density at radius 2 is 1.70 bits per heavy atom. The summed E-state index contributed by atoms with van der Waals surface area (Å²) in [5.41, 5.74) is 16.3. The summed E-state index contributed by atoms with van der Waals surface area (Å²) in [6, 6.07) is 11.4. The van der Waals surface area contributed by atoms with Crippen molar-refractivity contribution in [3.05, 3.63) is 53.1 Å². The maximum absolute atomic E-state index is 11.6. The smallest absolute Gasteiger partial charge is 0.250 e. The van der Waals surface area contributed by atoms with Crippen LogP contribution in [0.5, 0.6) is 0 Å². The van der Waals surface area contributed by atoms with Crippen molar-refractivity contribution in [3.8, 4) is 0 Å². The fourth-order valence-electron chi connectivity index (χ4n) is 2.41. The van der Waals surface area contributed by atoms with E-state index in [0.29, 0.717) is 16.9 Å². The van der Waals surface area contributed by atoms with Crippen molar-refractivity contribution in [1.29, 1.82) is 0 Å². The van der Waals surface area contributed by atoms with E-state index in [9.17, 15) is 4.79 Å². The maximum atomic E-state index is 11.6. The fraction of sp³-hybridized carbons (Fsp3) is 0.188. The van der Waals surface area contributed by atoms with Crippen molar-refractivity contribution in [1.82, 2.24) is 0 Å². The minimum atomic E-state index is -0.483. The molecule has 104 valence electrons. The van der Waals surface area contributed by atoms with E-state index in [1.165, 1.54) is 0 Å². The Hall–Kier alpha value is -2.49. The van der Waals surface area contributed by atoms with Gasteiger partial charge in [-0.3, -0.25) is 4.79 Å². The zero-order valence-corrected chi connectivity index (χ0v) is 12.0. The number of aryl methyl sites for hydroxylation is 2. The number of carbonyl (C=O) groups is 1. The number of hydrogen-bond donors (Lipinski definition) is 2. The van der Waals surface area contributed by atoms with Gasteiger partial charge in [0, 0.05) is 12.7 Å². The summed E-state index contributed by atoms with van der Waals surface area (Å²) in [5.74, 6) is -0.483. The zero-order valence-electron chi connectivity index (χ0n) is 12.0. The average Bonchev–Trinajstić information content (AvgIpc) is 2.36. The topological polar surface area (TPSA) is 72.3 Å². The molecule has 0 aromatic heterocycles. The predicted octanol–water partition coefficient (Wildman–Crippen LogP) is 2.75. The molecule has 2 aromatic carbocycles. The Labute approximate surface area is 119 Å². The van der Waals surface area contributed by atoms with E-state index >= 15 is 0 Å². The van der Waals surface area contributed by atoms with Crippen LogP contribution in [-0.4, -0.2) is 13.0 Å². The van der Waals surface area contributed by atoms with Gasteiger partial charge >= 0.3 is 0 Å². The lowest BCUT2D eigenvalue weighted by molar-refractivity contribution is 0.100. The molecule has 0 saturated heterocycles. The van der Waals surface area contributed by atoms with Crippen LogP contribution >= 0.6 is 0 Å². The largest absolute Gasteiger partial charge is 0.397 e. The second kappa shape index (κ2) is 5.25. The summed E-state index contributed by atoms with van der Waals surface area (Å²) < 4.78 is 0. The lowest BCUT2D eigenvalue weighted by Gasteiger charge is -2.24. The van der Waals surface area contributed by atoms with Crippen LogP contribution in [0.3, 0.4) is 0 Å². The van der Waals surface area contributed by atoms with Gasteiger partial charge in [0.15, 0.2) is 0 Å². The molecule has 0 aliphatic heterocycles. The summed E-state index contributed by atoms with van der Waals surface area (Å²) in [6.45, 7) is 4.07. The van der Waals surface area contributed by atoms with E-state index in [4.69, 9.17) is 11.5 Å². The Kier molecular flexibility index (Phi) is 3.66. The zero-order chi connectivity index (χ0) is 14.9. The molecule has 0 radical (unpaired) electrons. The van der Waals surface area contributed by atoms with Gasteiger partial charge in [-0.15, -0.1) is 0 Å². The molecule has 0 atom stereocenters. The van der Waals surface area contributed by atoms with Gasteiger partial charge in [-0.1, -0.05) is 12.1 Å². The van der Waals surface area contributed by atoms with Crippen LogP contribution in [0.25, 0.3) is 0 Å². The molecule has 0 spiro atoms. The number of rotatable bonds is 3. The Morgan fingerprint density at radius 1 is 1.10 bits per heavy atom. The highest BCUT2D eigenvalue weighted by molar-refractivity contribution is 6.02. The molecule has 4 N–H and O–H groups in total. The molecule has 0 heterocycles. The highest BCUT2D eigenvalue weighted by Crippen LogP contribution is 2.33. The summed E-state index contributed by atoms with van der Waals surface area (Å²) in [7, 11) is 1.88. The van der Waals surface area contributed by atoms with Crippen LogP contribution in [0.1, 0.15) is 21.5 Å². The van der Waals surface area contributed by atoms with E-state index in [1.807, 2.05) is 37.9 Å². The van der Waals surface area contributed by atoms with Crippen molar-refractivity contribution in [2.45, 2.75) is 13.8 Å². The van der Waals surface area contributed by atoms with Gasteiger partial charge in [-0.25, -0.2) is 0 Å². The number of hydrogen-bond acceptors (Lipinski definition) is 3. The predicted molar refractivity (Wildman–Crippen MR) is 83.4 cm³/mol. The Bertz CT molecular complexity index is 645. The van der Waals surface area contributed by atoms with E-state index in [-0.39, 0.29) is 0 Å².